The number of amides is 1. The first-order valence-electron chi connectivity index (χ1n) is 8.73. The smallest absolute Gasteiger partial charge is 0.336 e. The molecule has 0 radical (unpaired) electrons. The van der Waals surface area contributed by atoms with Gasteiger partial charge in [0.15, 0.2) is 5.76 Å². The van der Waals surface area contributed by atoms with Crippen LogP contribution in [0.2, 0.25) is 5.02 Å². The third kappa shape index (κ3) is 6.12. The quantitative estimate of drug-likeness (QED) is 0.147. The second kappa shape index (κ2) is 9.99. The summed E-state index contributed by atoms with van der Waals surface area (Å²) in [5, 5.41) is 15.4. The maximum atomic E-state index is 12.2. The Labute approximate surface area is 180 Å². The number of carbonyl (C=O) groups excluding carboxylic acids is 2. The molecule has 3 aromatic rings. The van der Waals surface area contributed by atoms with Crippen LogP contribution in [0, 0.1) is 10.1 Å². The molecule has 0 fully saturated rings. The Balaban J connectivity index is 1.74. The Morgan fingerprint density at radius 1 is 1.16 bits per heavy atom. The molecule has 1 N–H and O–H groups in total. The second-order valence-corrected chi connectivity index (χ2v) is 6.40. The van der Waals surface area contributed by atoms with Gasteiger partial charge in [-0.3, -0.25) is 14.9 Å². The second-order valence-electron chi connectivity index (χ2n) is 5.96. The van der Waals surface area contributed by atoms with Crippen LogP contribution in [-0.2, 0) is 4.79 Å². The number of hydrogen-bond acceptors (Lipinski definition) is 7. The van der Waals surface area contributed by atoms with Crippen LogP contribution in [0.25, 0.3) is 6.08 Å². The number of esters is 1. The minimum atomic E-state index is -0.710. The fourth-order valence-corrected chi connectivity index (χ4v) is 2.47. The lowest BCUT2D eigenvalue weighted by molar-refractivity contribution is -0.384. The van der Waals surface area contributed by atoms with Gasteiger partial charge in [-0.25, -0.2) is 10.2 Å². The van der Waals surface area contributed by atoms with Gasteiger partial charge in [-0.1, -0.05) is 23.7 Å². The lowest BCUT2D eigenvalue weighted by atomic mass is 10.2. The lowest BCUT2D eigenvalue weighted by Gasteiger charge is -2.05. The van der Waals surface area contributed by atoms with Crippen LogP contribution in [-0.4, -0.2) is 23.0 Å². The van der Waals surface area contributed by atoms with Crippen molar-refractivity contribution >= 4 is 41.5 Å². The Kier molecular flexibility index (Phi) is 6.92. The molecule has 1 aromatic heterocycles. The maximum Gasteiger partial charge on any atom is 0.336 e. The number of nitrogens with zero attached hydrogens (tertiary/aromatic N) is 2. The molecule has 9 nitrogen and oxygen atoms in total. The molecule has 0 aliphatic carbocycles. The van der Waals surface area contributed by atoms with Crippen molar-refractivity contribution in [2.75, 3.05) is 0 Å². The molecule has 0 bridgehead atoms. The van der Waals surface area contributed by atoms with Crippen molar-refractivity contribution in [3.63, 3.8) is 0 Å². The van der Waals surface area contributed by atoms with Crippen LogP contribution >= 0.6 is 11.6 Å². The third-order valence-electron chi connectivity index (χ3n) is 3.81. The van der Waals surface area contributed by atoms with Crippen LogP contribution in [0.1, 0.15) is 21.7 Å². The Morgan fingerprint density at radius 3 is 2.61 bits per heavy atom. The monoisotopic (exact) mass is 439 g/mol. The summed E-state index contributed by atoms with van der Waals surface area (Å²) in [5.74, 6) is -1.27. The summed E-state index contributed by atoms with van der Waals surface area (Å²) < 4.78 is 10.2. The van der Waals surface area contributed by atoms with Crippen molar-refractivity contribution < 1.29 is 23.7 Å². The summed E-state index contributed by atoms with van der Waals surface area (Å²) >= 11 is 5.82. The molecule has 0 saturated carbocycles. The molecular formula is C21H14ClN3O6. The topological polar surface area (TPSA) is 124 Å². The molecule has 31 heavy (non-hydrogen) atoms. The standard InChI is InChI=1S/C21H14ClN3O6/c22-16-6-3-14(4-7-16)5-10-20(26)31-18-9-8-17(25(28)29)12-15(18)13-23-24-21(27)19-2-1-11-30-19/h1-13H,(H,24,27)/b10-5+,23-13+. The number of halogens is 1. The molecule has 0 aliphatic rings. The molecule has 1 heterocycles. The van der Waals surface area contributed by atoms with Crippen LogP contribution in [0.5, 0.6) is 5.75 Å². The number of furan rings is 1. The maximum absolute atomic E-state index is 12.2. The molecule has 3 rings (SSSR count). The van der Waals surface area contributed by atoms with Crippen molar-refractivity contribution in [1.82, 2.24) is 5.43 Å². The zero-order chi connectivity index (χ0) is 22.2. The summed E-state index contributed by atoms with van der Waals surface area (Å²) in [4.78, 5) is 34.5. The van der Waals surface area contributed by atoms with Gasteiger partial charge >= 0.3 is 11.9 Å². The predicted molar refractivity (Wildman–Crippen MR) is 113 cm³/mol. The molecule has 0 aliphatic heterocycles. The van der Waals surface area contributed by atoms with Crippen molar-refractivity contribution in [1.29, 1.82) is 0 Å². The summed E-state index contributed by atoms with van der Waals surface area (Å²) in [7, 11) is 0. The molecule has 0 saturated heterocycles. The highest BCUT2D eigenvalue weighted by molar-refractivity contribution is 6.30. The lowest BCUT2D eigenvalue weighted by Crippen LogP contribution is -2.17. The first-order chi connectivity index (χ1) is 14.9. The van der Waals surface area contributed by atoms with E-state index in [-0.39, 0.29) is 22.8 Å². The van der Waals surface area contributed by atoms with Gasteiger partial charge < -0.3 is 9.15 Å². The molecule has 156 valence electrons. The highest BCUT2D eigenvalue weighted by Crippen LogP contribution is 2.23. The number of nitro groups is 1. The van der Waals surface area contributed by atoms with E-state index >= 15 is 0 Å². The minimum Gasteiger partial charge on any atom is -0.459 e. The fraction of sp³-hybridized carbons (Fsp3) is 0. The first-order valence-corrected chi connectivity index (χ1v) is 9.11. The molecule has 0 atom stereocenters. The number of nitro benzene ring substituents is 1. The number of hydrogen-bond donors (Lipinski definition) is 1. The van der Waals surface area contributed by atoms with Gasteiger partial charge in [-0.15, -0.1) is 0 Å². The summed E-state index contributed by atoms with van der Waals surface area (Å²) in [6.45, 7) is 0. The van der Waals surface area contributed by atoms with Crippen molar-refractivity contribution in [3.8, 4) is 5.75 Å². The van der Waals surface area contributed by atoms with Gasteiger partial charge in [0.05, 0.1) is 17.4 Å². The average Bonchev–Trinajstić information content (AvgIpc) is 3.29. The summed E-state index contributed by atoms with van der Waals surface area (Å²) in [6, 6.07) is 13.4. The van der Waals surface area contributed by atoms with E-state index in [1.165, 1.54) is 42.7 Å². The van der Waals surface area contributed by atoms with Gasteiger partial charge in [-0.05, 0) is 42.0 Å². The molecule has 2 aromatic carbocycles. The first kappa shape index (κ1) is 21.5. The van der Waals surface area contributed by atoms with E-state index in [0.717, 1.165) is 17.8 Å². The minimum absolute atomic E-state index is 0.0207. The van der Waals surface area contributed by atoms with Crippen LogP contribution in [0.3, 0.4) is 0 Å². The zero-order valence-electron chi connectivity index (χ0n) is 15.7. The largest absolute Gasteiger partial charge is 0.459 e. The summed E-state index contributed by atoms with van der Waals surface area (Å²) in [6.07, 6.45) is 5.18. The molecule has 10 heteroatoms. The van der Waals surface area contributed by atoms with E-state index in [2.05, 4.69) is 10.5 Å². The number of ether oxygens (including phenoxy) is 1. The van der Waals surface area contributed by atoms with E-state index < -0.39 is 16.8 Å². The molecular weight excluding hydrogens is 426 g/mol. The Morgan fingerprint density at radius 2 is 1.94 bits per heavy atom. The number of hydrazone groups is 1. The SMILES string of the molecule is O=C(/C=C/c1ccc(Cl)cc1)Oc1ccc([N+](=O)[O-])cc1/C=N/NC(=O)c1ccco1. The Bertz CT molecular complexity index is 1150. The van der Waals surface area contributed by atoms with Gasteiger partial charge in [0.2, 0.25) is 0 Å². The van der Waals surface area contributed by atoms with Gasteiger partial charge in [-0.2, -0.15) is 5.10 Å². The number of carbonyl (C=O) groups is 2. The molecule has 0 spiro atoms. The molecule has 1 amide bonds. The van der Waals surface area contributed by atoms with Crippen LogP contribution < -0.4 is 10.2 Å². The number of rotatable bonds is 7. The van der Waals surface area contributed by atoms with Gasteiger partial charge in [0.25, 0.3) is 5.69 Å². The van der Waals surface area contributed by atoms with E-state index in [1.807, 2.05) is 0 Å². The van der Waals surface area contributed by atoms with E-state index in [1.54, 1.807) is 24.3 Å². The predicted octanol–water partition coefficient (Wildman–Crippen LogP) is 4.22. The number of benzene rings is 2. The van der Waals surface area contributed by atoms with Crippen LogP contribution in [0.4, 0.5) is 5.69 Å². The average molecular weight is 440 g/mol. The zero-order valence-corrected chi connectivity index (χ0v) is 16.5. The fourth-order valence-electron chi connectivity index (χ4n) is 2.35. The highest BCUT2D eigenvalue weighted by Gasteiger charge is 2.13. The normalized spacial score (nSPS) is 11.0. The summed E-state index contributed by atoms with van der Waals surface area (Å²) in [5.41, 5.74) is 2.82. The van der Waals surface area contributed by atoms with Crippen molar-refractivity contribution in [2.24, 2.45) is 5.10 Å². The highest BCUT2D eigenvalue weighted by atomic mass is 35.5. The number of nitrogens with one attached hydrogen (secondary N) is 1. The van der Waals surface area contributed by atoms with E-state index in [9.17, 15) is 19.7 Å². The Hall–Kier alpha value is -4.24. The van der Waals surface area contributed by atoms with Gasteiger partial charge in [0.1, 0.15) is 5.75 Å². The van der Waals surface area contributed by atoms with Crippen LogP contribution in [0.15, 0.2) is 76.5 Å². The van der Waals surface area contributed by atoms with Crippen molar-refractivity contribution in [3.05, 3.63) is 99.0 Å². The molecule has 0 unspecified atom stereocenters. The van der Waals surface area contributed by atoms with E-state index in [0.29, 0.717) is 5.02 Å². The van der Waals surface area contributed by atoms with Crippen molar-refractivity contribution in [2.45, 2.75) is 0 Å². The third-order valence-corrected chi connectivity index (χ3v) is 4.06. The van der Waals surface area contributed by atoms with E-state index in [4.69, 9.17) is 20.8 Å². The van der Waals surface area contributed by atoms with Gasteiger partial charge in [0, 0.05) is 28.8 Å². The number of non-ortho nitro benzene ring substituents is 1.